The molecule has 1 aliphatic rings. The number of fused-ring (bicyclic) bond motifs is 1. The zero-order valence-corrected chi connectivity index (χ0v) is 27.0. The second-order valence-corrected chi connectivity index (χ2v) is 13.1. The molecule has 1 aliphatic heterocycles. The quantitative estimate of drug-likeness (QED) is 0.302. The van der Waals surface area contributed by atoms with E-state index in [0.717, 1.165) is 37.0 Å². The van der Waals surface area contributed by atoms with Gasteiger partial charge in [-0.3, -0.25) is 4.79 Å². The molecule has 1 saturated heterocycles. The van der Waals surface area contributed by atoms with E-state index in [1.807, 2.05) is 31.2 Å². The molecule has 0 aliphatic carbocycles. The number of benzene rings is 2. The lowest BCUT2D eigenvalue weighted by Gasteiger charge is -2.33. The van der Waals surface area contributed by atoms with Gasteiger partial charge in [0, 0.05) is 34.8 Å². The van der Waals surface area contributed by atoms with Crippen LogP contribution in [0.1, 0.15) is 37.9 Å². The molecule has 0 unspecified atom stereocenters. The van der Waals surface area contributed by atoms with Crippen molar-refractivity contribution in [3.05, 3.63) is 63.8 Å². The Bertz CT molecular complexity index is 1650. The number of carbonyl (C=O) groups excluding carboxylic acids is 1. The van der Waals surface area contributed by atoms with Crippen molar-refractivity contribution < 1.29 is 41.0 Å². The van der Waals surface area contributed by atoms with Crippen molar-refractivity contribution in [2.45, 2.75) is 56.8 Å². The van der Waals surface area contributed by atoms with Crippen molar-refractivity contribution in [2.24, 2.45) is 0 Å². The highest BCUT2D eigenvalue weighted by atomic mass is 35.5. The van der Waals surface area contributed by atoms with Gasteiger partial charge < -0.3 is 20.1 Å². The van der Waals surface area contributed by atoms with E-state index >= 15 is 0 Å². The first-order valence-electron chi connectivity index (χ1n) is 13.7. The summed E-state index contributed by atoms with van der Waals surface area (Å²) in [5.41, 5.74) is 0.470. The highest BCUT2D eigenvalue weighted by Gasteiger charge is 2.39. The number of nitrogens with zero attached hydrogens (tertiary/aromatic N) is 2. The number of halogens is 5. The van der Waals surface area contributed by atoms with Crippen molar-refractivity contribution in [2.75, 3.05) is 26.2 Å². The molecule has 1 aromatic heterocycles. The first kappa shape index (κ1) is 36.3. The third kappa shape index (κ3) is 9.66. The fourth-order valence-corrected chi connectivity index (χ4v) is 6.72. The topological polar surface area (TPSA) is 138 Å². The summed E-state index contributed by atoms with van der Waals surface area (Å²) in [6.07, 6.45) is -3.49. The Balaban J connectivity index is 0.000000707. The summed E-state index contributed by atoms with van der Waals surface area (Å²) in [5, 5.41) is 11.5. The maximum absolute atomic E-state index is 13.5. The molecule has 0 saturated carbocycles. The number of ether oxygens (including phenoxy) is 1. The van der Waals surface area contributed by atoms with Crippen LogP contribution in [0.3, 0.4) is 0 Å². The van der Waals surface area contributed by atoms with Gasteiger partial charge in [-0.25, -0.2) is 18.2 Å². The molecule has 2 heterocycles. The highest BCUT2D eigenvalue weighted by molar-refractivity contribution is 7.89. The number of pyridine rings is 1. The third-order valence-electron chi connectivity index (χ3n) is 6.65. The van der Waals surface area contributed by atoms with E-state index in [4.69, 9.17) is 37.8 Å². The molecular formula is C29H33Cl2F3N4O6S. The lowest BCUT2D eigenvalue weighted by atomic mass is 10.0. The van der Waals surface area contributed by atoms with E-state index in [1.54, 1.807) is 24.8 Å². The molecule has 3 aromatic rings. The number of nitrogens with one attached hydrogen (secondary N) is 2. The van der Waals surface area contributed by atoms with Crippen molar-refractivity contribution in [3.8, 4) is 5.75 Å². The van der Waals surface area contributed by atoms with Gasteiger partial charge in [-0.2, -0.15) is 17.9 Å². The highest BCUT2D eigenvalue weighted by Crippen LogP contribution is 2.34. The molecular weight excluding hydrogens is 660 g/mol. The molecule has 1 amide bonds. The molecule has 0 bridgehead atoms. The number of para-hydroxylation sites is 1. The van der Waals surface area contributed by atoms with Gasteiger partial charge in [0.05, 0.1) is 5.02 Å². The van der Waals surface area contributed by atoms with Gasteiger partial charge in [0.15, 0.2) is 0 Å². The SMILES string of the molecule is Cc1ccc2cccc(OCc3c(Cl)ccc(S(=O)(=O)NC(C)(C)C(=O)N4CCCNCCC4)c3Cl)c2n1.O=C(O)C(F)(F)F. The summed E-state index contributed by atoms with van der Waals surface area (Å²) in [4.78, 5) is 28.3. The summed E-state index contributed by atoms with van der Waals surface area (Å²) in [7, 11) is -4.18. The molecule has 0 spiro atoms. The Labute approximate surface area is 268 Å². The van der Waals surface area contributed by atoms with Crippen LogP contribution in [0.4, 0.5) is 13.2 Å². The second kappa shape index (κ2) is 14.9. The number of hydrogen-bond acceptors (Lipinski definition) is 7. The standard InChI is InChI=1S/C27H32Cl2N4O4S.C2HF3O2/c1-18-9-10-19-7-4-8-22(25(19)31-18)37-17-20-21(28)11-12-23(24(20)29)38(35,36)32-27(2,3)26(34)33-15-5-13-30-14-6-16-33;3-2(4,5)1(6)7/h4,7-12,30,32H,5-6,13-17H2,1-3H3;(H,6,7). The summed E-state index contributed by atoms with van der Waals surface area (Å²) in [6.45, 7) is 7.69. The molecule has 0 radical (unpaired) electrons. The zero-order valence-electron chi connectivity index (χ0n) is 24.7. The van der Waals surface area contributed by atoms with Crippen LogP contribution in [0, 0.1) is 6.92 Å². The van der Waals surface area contributed by atoms with E-state index < -0.39 is 27.7 Å². The van der Waals surface area contributed by atoms with E-state index in [9.17, 15) is 26.4 Å². The fourth-order valence-electron chi connectivity index (χ4n) is 4.46. The molecule has 16 heteroatoms. The van der Waals surface area contributed by atoms with Crippen LogP contribution in [0.5, 0.6) is 5.75 Å². The minimum atomic E-state index is -5.08. The minimum Gasteiger partial charge on any atom is -0.487 e. The van der Waals surface area contributed by atoms with Crippen LogP contribution >= 0.6 is 23.2 Å². The van der Waals surface area contributed by atoms with Crippen LogP contribution in [0.25, 0.3) is 10.9 Å². The van der Waals surface area contributed by atoms with Gasteiger partial charge in [-0.05, 0) is 71.0 Å². The Morgan fingerprint density at radius 1 is 1.07 bits per heavy atom. The van der Waals surface area contributed by atoms with Crippen molar-refractivity contribution in [1.29, 1.82) is 0 Å². The predicted octanol–water partition coefficient (Wildman–Crippen LogP) is 5.33. The van der Waals surface area contributed by atoms with Gasteiger partial charge in [0.25, 0.3) is 0 Å². The minimum absolute atomic E-state index is 0.0602. The molecule has 4 rings (SSSR count). The number of amides is 1. The Morgan fingerprint density at radius 2 is 1.69 bits per heavy atom. The number of rotatable bonds is 7. The third-order valence-corrected chi connectivity index (χ3v) is 9.25. The van der Waals surface area contributed by atoms with Crippen molar-refractivity contribution in [1.82, 2.24) is 19.9 Å². The van der Waals surface area contributed by atoms with Crippen LogP contribution in [-0.2, 0) is 26.2 Å². The van der Waals surface area contributed by atoms with Gasteiger partial charge in [-0.1, -0.05) is 41.4 Å². The summed E-state index contributed by atoms with van der Waals surface area (Å²) >= 11 is 13.0. The van der Waals surface area contributed by atoms with E-state index in [0.29, 0.717) is 29.9 Å². The zero-order chi connectivity index (χ0) is 33.6. The monoisotopic (exact) mass is 692 g/mol. The smallest absolute Gasteiger partial charge is 0.487 e. The maximum atomic E-state index is 13.5. The lowest BCUT2D eigenvalue weighted by molar-refractivity contribution is -0.192. The average Bonchev–Trinajstić information content (AvgIpc) is 2.91. The van der Waals surface area contributed by atoms with E-state index in [1.165, 1.54) is 12.1 Å². The second-order valence-electron chi connectivity index (χ2n) is 10.7. The summed E-state index contributed by atoms with van der Waals surface area (Å²) < 4.78 is 67.2. The van der Waals surface area contributed by atoms with Gasteiger partial charge >= 0.3 is 12.1 Å². The number of aromatic nitrogens is 1. The molecule has 10 nitrogen and oxygen atoms in total. The van der Waals surface area contributed by atoms with Gasteiger partial charge in [0.2, 0.25) is 15.9 Å². The van der Waals surface area contributed by atoms with Gasteiger partial charge in [-0.15, -0.1) is 0 Å². The van der Waals surface area contributed by atoms with Crippen molar-refractivity contribution in [3.63, 3.8) is 0 Å². The summed E-state index contributed by atoms with van der Waals surface area (Å²) in [6, 6.07) is 12.2. The van der Waals surface area contributed by atoms with E-state index in [2.05, 4.69) is 15.0 Å². The molecule has 1 fully saturated rings. The van der Waals surface area contributed by atoms with Gasteiger partial charge in [0.1, 0.15) is 28.3 Å². The number of carboxylic acids is 1. The van der Waals surface area contributed by atoms with Crippen molar-refractivity contribution >= 4 is 56.0 Å². The molecule has 246 valence electrons. The van der Waals surface area contributed by atoms with Crippen LogP contribution < -0.4 is 14.8 Å². The van der Waals surface area contributed by atoms with Crippen LogP contribution in [0.15, 0.2) is 47.4 Å². The first-order chi connectivity index (χ1) is 20.9. The molecule has 45 heavy (non-hydrogen) atoms. The number of aryl methyl sites for hydroxylation is 1. The molecule has 2 aromatic carbocycles. The Kier molecular flexibility index (Phi) is 12.1. The largest absolute Gasteiger partial charge is 0.490 e. The number of hydrogen-bond donors (Lipinski definition) is 3. The predicted molar refractivity (Wildman–Crippen MR) is 164 cm³/mol. The number of sulfonamides is 1. The average molecular weight is 694 g/mol. The lowest BCUT2D eigenvalue weighted by Crippen LogP contribution is -2.56. The number of alkyl halides is 3. The van der Waals surface area contributed by atoms with E-state index in [-0.39, 0.29) is 27.5 Å². The number of carbonyl (C=O) groups is 2. The normalized spacial score (nSPS) is 14.6. The van der Waals surface area contributed by atoms with Crippen LogP contribution in [0.2, 0.25) is 10.0 Å². The fraction of sp³-hybridized carbons (Fsp3) is 0.414. The summed E-state index contributed by atoms with van der Waals surface area (Å²) in [5.74, 6) is -2.51. The maximum Gasteiger partial charge on any atom is 0.490 e. The Morgan fingerprint density at radius 3 is 2.29 bits per heavy atom. The van der Waals surface area contributed by atoms with Crippen LogP contribution in [-0.4, -0.2) is 73.2 Å². The molecule has 0 atom stereocenters. The number of carboxylic acid groups (broad SMARTS) is 1. The number of aliphatic carboxylic acids is 1. The first-order valence-corrected chi connectivity index (χ1v) is 16.0. The molecule has 3 N–H and O–H groups in total. The Hall–Kier alpha value is -3.17.